The molecule has 1 aliphatic rings. The van der Waals surface area contributed by atoms with Crippen molar-refractivity contribution in [2.75, 3.05) is 7.11 Å². The van der Waals surface area contributed by atoms with Crippen molar-refractivity contribution in [1.29, 1.82) is 0 Å². The number of methoxy groups -OCH3 is 1. The van der Waals surface area contributed by atoms with Crippen molar-refractivity contribution in [1.82, 2.24) is 9.88 Å². The molecule has 1 fully saturated rings. The normalized spacial score (nSPS) is 15.4. The van der Waals surface area contributed by atoms with E-state index in [-0.39, 0.29) is 18.0 Å². The van der Waals surface area contributed by atoms with Crippen LogP contribution >= 0.6 is 22.9 Å². The van der Waals surface area contributed by atoms with Crippen LogP contribution in [0, 0.1) is 0 Å². The minimum absolute atomic E-state index is 0.0291. The second-order valence-corrected chi connectivity index (χ2v) is 7.05. The van der Waals surface area contributed by atoms with Gasteiger partial charge >= 0.3 is 0 Å². The number of thiazole rings is 1. The maximum atomic E-state index is 13.0. The van der Waals surface area contributed by atoms with E-state index in [4.69, 9.17) is 16.3 Å². The van der Waals surface area contributed by atoms with E-state index in [0.717, 1.165) is 23.4 Å². The first-order chi connectivity index (χ1) is 11.1. The Hall–Kier alpha value is -1.43. The molecule has 1 heterocycles. The number of halogens is 1. The zero-order chi connectivity index (χ0) is 16.4. The lowest BCUT2D eigenvalue weighted by molar-refractivity contribution is 0.0668. The second-order valence-electron chi connectivity index (χ2n) is 5.70. The van der Waals surface area contributed by atoms with Gasteiger partial charge in [-0.05, 0) is 31.4 Å². The predicted molar refractivity (Wildman–Crippen MR) is 91.9 cm³/mol. The predicted octanol–water partition coefficient (Wildman–Crippen LogP) is 4.31. The Balaban J connectivity index is 1.86. The van der Waals surface area contributed by atoms with Crippen LogP contribution in [-0.2, 0) is 11.3 Å². The molecule has 0 spiro atoms. The van der Waals surface area contributed by atoms with Gasteiger partial charge in [-0.25, -0.2) is 4.98 Å². The molecule has 0 aliphatic heterocycles. The molecule has 0 radical (unpaired) electrons. The van der Waals surface area contributed by atoms with Crippen molar-refractivity contribution in [2.45, 2.75) is 38.5 Å². The summed E-state index contributed by atoms with van der Waals surface area (Å²) >= 11 is 7.77. The lowest BCUT2D eigenvalue weighted by Crippen LogP contribution is -2.36. The van der Waals surface area contributed by atoms with Crippen molar-refractivity contribution in [3.8, 4) is 0 Å². The maximum Gasteiger partial charge on any atom is 0.274 e. The minimum atomic E-state index is -0.0729. The molecule has 1 aromatic carbocycles. The standard InChI is InChI=1S/C17H19ClN2O2S/c1-11(13-5-3-4-6-14(13)18)20(12-7-8-12)17(21)15-10-23-16(19-15)9-22-2/h3-6,10-12H,7-9H2,1-2H3. The average Bonchev–Trinajstić information content (AvgIpc) is 3.26. The highest BCUT2D eigenvalue weighted by Gasteiger charge is 2.38. The molecule has 6 heteroatoms. The zero-order valence-electron chi connectivity index (χ0n) is 13.2. The number of carbonyl (C=O) groups is 1. The van der Waals surface area contributed by atoms with E-state index >= 15 is 0 Å². The molecule has 23 heavy (non-hydrogen) atoms. The Bertz CT molecular complexity index is 699. The van der Waals surface area contributed by atoms with E-state index < -0.39 is 0 Å². The molecule has 1 saturated carbocycles. The van der Waals surface area contributed by atoms with Gasteiger partial charge in [0.15, 0.2) is 0 Å². The molecule has 1 unspecified atom stereocenters. The van der Waals surface area contributed by atoms with Crippen LogP contribution in [0.3, 0.4) is 0 Å². The lowest BCUT2D eigenvalue weighted by atomic mass is 10.1. The van der Waals surface area contributed by atoms with E-state index in [1.807, 2.05) is 41.5 Å². The third-order valence-corrected chi connectivity index (χ3v) is 5.15. The fourth-order valence-corrected chi connectivity index (χ4v) is 3.74. The second kappa shape index (κ2) is 6.99. The van der Waals surface area contributed by atoms with Gasteiger partial charge in [-0.2, -0.15) is 0 Å². The number of hydrogen-bond acceptors (Lipinski definition) is 4. The first-order valence-corrected chi connectivity index (χ1v) is 8.88. The monoisotopic (exact) mass is 350 g/mol. The van der Waals surface area contributed by atoms with Crippen molar-refractivity contribution in [3.63, 3.8) is 0 Å². The van der Waals surface area contributed by atoms with E-state index in [2.05, 4.69) is 4.98 Å². The number of nitrogens with zero attached hydrogens (tertiary/aromatic N) is 2. The van der Waals surface area contributed by atoms with E-state index in [1.54, 1.807) is 7.11 Å². The van der Waals surface area contributed by atoms with Crippen LogP contribution in [0.5, 0.6) is 0 Å². The topological polar surface area (TPSA) is 42.4 Å². The van der Waals surface area contributed by atoms with Crippen LogP contribution in [0.2, 0.25) is 5.02 Å². The fourth-order valence-electron chi connectivity index (χ4n) is 2.71. The van der Waals surface area contributed by atoms with Gasteiger partial charge in [0.1, 0.15) is 10.7 Å². The summed E-state index contributed by atoms with van der Waals surface area (Å²) in [6.07, 6.45) is 2.07. The lowest BCUT2D eigenvalue weighted by Gasteiger charge is -2.29. The molecule has 0 N–H and O–H groups in total. The summed E-state index contributed by atoms with van der Waals surface area (Å²) in [6.45, 7) is 2.46. The van der Waals surface area contributed by atoms with E-state index in [0.29, 0.717) is 17.3 Å². The zero-order valence-corrected chi connectivity index (χ0v) is 14.7. The number of benzene rings is 1. The largest absolute Gasteiger partial charge is 0.378 e. The van der Waals surface area contributed by atoms with Crippen molar-refractivity contribution >= 4 is 28.8 Å². The molecule has 1 amide bonds. The first kappa shape index (κ1) is 16.4. The van der Waals surface area contributed by atoms with Gasteiger partial charge in [-0.1, -0.05) is 29.8 Å². The summed E-state index contributed by atoms with van der Waals surface area (Å²) in [5.74, 6) is -0.0291. The van der Waals surface area contributed by atoms with Crippen molar-refractivity contribution in [2.24, 2.45) is 0 Å². The van der Waals surface area contributed by atoms with E-state index in [1.165, 1.54) is 11.3 Å². The molecule has 0 bridgehead atoms. The Labute approximate surface area is 145 Å². The summed E-state index contributed by atoms with van der Waals surface area (Å²) in [7, 11) is 1.62. The third kappa shape index (κ3) is 3.57. The Morgan fingerprint density at radius 2 is 2.22 bits per heavy atom. The average molecular weight is 351 g/mol. The van der Waals surface area contributed by atoms with Crippen LogP contribution < -0.4 is 0 Å². The number of hydrogen-bond donors (Lipinski definition) is 0. The SMILES string of the molecule is COCc1nc(C(=O)N(C2CC2)C(C)c2ccccc2Cl)cs1. The molecular weight excluding hydrogens is 332 g/mol. The van der Waals surface area contributed by atoms with Gasteiger partial charge in [0, 0.05) is 23.6 Å². The molecule has 3 rings (SSSR count). The maximum absolute atomic E-state index is 13.0. The summed E-state index contributed by atoms with van der Waals surface area (Å²) in [4.78, 5) is 19.3. The number of aromatic nitrogens is 1. The molecule has 0 saturated heterocycles. The summed E-state index contributed by atoms with van der Waals surface area (Å²) in [5, 5.41) is 3.32. The third-order valence-electron chi connectivity index (χ3n) is 3.99. The highest BCUT2D eigenvalue weighted by molar-refractivity contribution is 7.09. The van der Waals surface area contributed by atoms with Gasteiger partial charge in [0.05, 0.1) is 12.6 Å². The fraction of sp³-hybridized carbons (Fsp3) is 0.412. The highest BCUT2D eigenvalue weighted by atomic mass is 35.5. The molecule has 122 valence electrons. The molecule has 1 aliphatic carbocycles. The van der Waals surface area contributed by atoms with Gasteiger partial charge in [0.25, 0.3) is 5.91 Å². The number of carbonyl (C=O) groups excluding carboxylic acids is 1. The number of amides is 1. The van der Waals surface area contributed by atoms with Gasteiger partial charge in [-0.3, -0.25) is 4.79 Å². The van der Waals surface area contributed by atoms with Crippen LogP contribution in [0.1, 0.15) is 46.9 Å². The Kier molecular flexibility index (Phi) is 4.99. The van der Waals surface area contributed by atoms with Crippen molar-refractivity contribution < 1.29 is 9.53 Å². The van der Waals surface area contributed by atoms with Gasteiger partial charge in [0.2, 0.25) is 0 Å². The quantitative estimate of drug-likeness (QED) is 0.779. The van der Waals surface area contributed by atoms with E-state index in [9.17, 15) is 4.79 Å². The van der Waals surface area contributed by atoms with Crippen LogP contribution in [0.15, 0.2) is 29.6 Å². The van der Waals surface area contributed by atoms with Crippen molar-refractivity contribution in [3.05, 3.63) is 50.9 Å². The van der Waals surface area contributed by atoms with Crippen LogP contribution in [0.25, 0.3) is 0 Å². The Morgan fingerprint density at radius 1 is 1.48 bits per heavy atom. The number of rotatable bonds is 6. The molecule has 1 aromatic heterocycles. The molecular formula is C17H19ClN2O2S. The summed E-state index contributed by atoms with van der Waals surface area (Å²) in [6, 6.07) is 7.90. The smallest absolute Gasteiger partial charge is 0.274 e. The summed E-state index contributed by atoms with van der Waals surface area (Å²) < 4.78 is 5.08. The Morgan fingerprint density at radius 3 is 2.87 bits per heavy atom. The first-order valence-electron chi connectivity index (χ1n) is 7.62. The van der Waals surface area contributed by atoms with Crippen LogP contribution in [-0.4, -0.2) is 28.9 Å². The molecule has 2 aromatic rings. The van der Waals surface area contributed by atoms with Crippen LogP contribution in [0.4, 0.5) is 0 Å². The molecule has 4 nitrogen and oxygen atoms in total. The van der Waals surface area contributed by atoms with Gasteiger partial charge < -0.3 is 9.64 Å². The minimum Gasteiger partial charge on any atom is -0.378 e. The summed E-state index contributed by atoms with van der Waals surface area (Å²) in [5.41, 5.74) is 1.47. The number of ether oxygens (including phenoxy) is 1. The van der Waals surface area contributed by atoms with Gasteiger partial charge in [-0.15, -0.1) is 11.3 Å². The molecule has 1 atom stereocenters. The highest BCUT2D eigenvalue weighted by Crippen LogP contribution is 2.37.